The van der Waals surface area contributed by atoms with E-state index in [1.54, 1.807) is 19.1 Å². The number of benzene rings is 1. The van der Waals surface area contributed by atoms with Gasteiger partial charge in [0.05, 0.1) is 11.7 Å². The number of carbonyl (C=O) groups is 1. The van der Waals surface area contributed by atoms with Crippen LogP contribution in [0.4, 0.5) is 0 Å². The lowest BCUT2D eigenvalue weighted by Crippen LogP contribution is -2.43. The Balaban J connectivity index is 2.67. The molecular weight excluding hydrogens is 352 g/mol. The maximum absolute atomic E-state index is 11.8. The maximum atomic E-state index is 11.8. The van der Waals surface area contributed by atoms with Crippen molar-refractivity contribution in [3.63, 3.8) is 0 Å². The van der Waals surface area contributed by atoms with Crippen LogP contribution in [0.2, 0.25) is 0 Å². The molecule has 0 saturated heterocycles. The molecule has 94 valence electrons. The van der Waals surface area contributed by atoms with Crippen molar-refractivity contribution >= 4 is 37.8 Å². The van der Waals surface area contributed by atoms with Gasteiger partial charge in [-0.2, -0.15) is 0 Å². The molecule has 1 aromatic rings. The second kappa shape index (κ2) is 6.49. The van der Waals surface area contributed by atoms with Gasteiger partial charge in [0.1, 0.15) is 0 Å². The van der Waals surface area contributed by atoms with Gasteiger partial charge in [0.15, 0.2) is 0 Å². The number of hydrogen-bond acceptors (Lipinski definition) is 3. The Kier molecular flexibility index (Phi) is 5.58. The van der Waals surface area contributed by atoms with E-state index in [2.05, 4.69) is 37.2 Å². The minimum atomic E-state index is -0.652. The van der Waals surface area contributed by atoms with Gasteiger partial charge in [-0.3, -0.25) is 4.79 Å². The largest absolute Gasteiger partial charge is 0.392 e. The molecule has 4 nitrogen and oxygen atoms in total. The number of nitrogens with one attached hydrogen (secondary N) is 1. The van der Waals surface area contributed by atoms with E-state index < -0.39 is 12.1 Å². The monoisotopic (exact) mass is 364 g/mol. The summed E-state index contributed by atoms with van der Waals surface area (Å²) >= 11 is 6.61. The Morgan fingerprint density at radius 1 is 1.53 bits per heavy atom. The Morgan fingerprint density at radius 2 is 2.18 bits per heavy atom. The summed E-state index contributed by atoms with van der Waals surface area (Å²) in [6, 6.07) is 4.87. The first-order chi connectivity index (χ1) is 7.91. The SMILES string of the molecule is CC(O)C(N)CNC(=O)c1cc(Br)ccc1Br. The molecule has 0 saturated carbocycles. The number of carbonyl (C=O) groups excluding carboxylic acids is 1. The van der Waals surface area contributed by atoms with Crippen LogP contribution in [0.1, 0.15) is 17.3 Å². The molecule has 0 spiro atoms. The smallest absolute Gasteiger partial charge is 0.252 e. The van der Waals surface area contributed by atoms with Gasteiger partial charge < -0.3 is 16.2 Å². The number of amides is 1. The highest BCUT2D eigenvalue weighted by molar-refractivity contribution is 9.11. The third-order valence-electron chi connectivity index (χ3n) is 2.29. The normalized spacial score (nSPS) is 14.2. The second-order valence-corrected chi connectivity index (χ2v) is 5.51. The van der Waals surface area contributed by atoms with Crippen LogP contribution >= 0.6 is 31.9 Å². The molecule has 0 heterocycles. The lowest BCUT2D eigenvalue weighted by molar-refractivity contribution is 0.0937. The quantitative estimate of drug-likeness (QED) is 0.759. The van der Waals surface area contributed by atoms with Gasteiger partial charge in [0.2, 0.25) is 0 Å². The van der Waals surface area contributed by atoms with Crippen LogP contribution in [-0.4, -0.2) is 29.7 Å². The molecule has 17 heavy (non-hydrogen) atoms. The Labute approximate surface area is 117 Å². The predicted octanol–water partition coefficient (Wildman–Crippen LogP) is 1.65. The molecule has 2 unspecified atom stereocenters. The summed E-state index contributed by atoms with van der Waals surface area (Å²) in [5, 5.41) is 11.9. The molecule has 0 aliphatic heterocycles. The fourth-order valence-corrected chi connectivity index (χ4v) is 1.94. The molecule has 1 aromatic carbocycles. The van der Waals surface area contributed by atoms with Crippen molar-refractivity contribution in [1.29, 1.82) is 0 Å². The third kappa shape index (κ3) is 4.39. The average Bonchev–Trinajstić information content (AvgIpc) is 2.28. The highest BCUT2D eigenvalue weighted by Crippen LogP contribution is 2.21. The molecule has 4 N–H and O–H groups in total. The summed E-state index contributed by atoms with van der Waals surface area (Å²) in [5.41, 5.74) is 6.15. The third-order valence-corrected chi connectivity index (χ3v) is 3.48. The molecule has 1 amide bonds. The van der Waals surface area contributed by atoms with Gasteiger partial charge in [-0.15, -0.1) is 0 Å². The zero-order valence-corrected chi connectivity index (χ0v) is 12.5. The van der Waals surface area contributed by atoms with Gasteiger partial charge in [0.25, 0.3) is 5.91 Å². The van der Waals surface area contributed by atoms with Crippen molar-refractivity contribution < 1.29 is 9.90 Å². The van der Waals surface area contributed by atoms with E-state index in [1.807, 2.05) is 6.07 Å². The summed E-state index contributed by atoms with van der Waals surface area (Å²) in [4.78, 5) is 11.8. The molecule has 0 fully saturated rings. The summed E-state index contributed by atoms with van der Waals surface area (Å²) in [6.45, 7) is 1.82. The first-order valence-electron chi connectivity index (χ1n) is 5.08. The first-order valence-corrected chi connectivity index (χ1v) is 6.67. The first kappa shape index (κ1) is 14.6. The van der Waals surface area contributed by atoms with Crippen molar-refractivity contribution in [3.8, 4) is 0 Å². The molecule has 1 rings (SSSR count). The zero-order chi connectivity index (χ0) is 13.0. The molecule has 0 bridgehead atoms. The highest BCUT2D eigenvalue weighted by atomic mass is 79.9. The van der Waals surface area contributed by atoms with E-state index in [0.29, 0.717) is 10.0 Å². The molecule has 6 heteroatoms. The number of halogens is 2. The lowest BCUT2D eigenvalue weighted by Gasteiger charge is -2.15. The van der Waals surface area contributed by atoms with Gasteiger partial charge in [-0.1, -0.05) is 15.9 Å². The van der Waals surface area contributed by atoms with E-state index in [1.165, 1.54) is 0 Å². The van der Waals surface area contributed by atoms with Crippen LogP contribution in [0.15, 0.2) is 27.1 Å². The zero-order valence-electron chi connectivity index (χ0n) is 9.28. The Bertz CT molecular complexity index is 410. The number of aliphatic hydroxyl groups is 1. The average molecular weight is 366 g/mol. The molecule has 0 aliphatic rings. The molecular formula is C11H14Br2N2O2. The predicted molar refractivity (Wildman–Crippen MR) is 73.8 cm³/mol. The summed E-state index contributed by atoms with van der Waals surface area (Å²) in [5.74, 6) is -0.228. The van der Waals surface area contributed by atoms with Crippen molar-refractivity contribution in [2.24, 2.45) is 5.73 Å². The number of hydrogen-bond donors (Lipinski definition) is 3. The number of rotatable bonds is 4. The van der Waals surface area contributed by atoms with Crippen LogP contribution in [-0.2, 0) is 0 Å². The number of nitrogens with two attached hydrogens (primary N) is 1. The Hall–Kier alpha value is -0.430. The van der Waals surface area contributed by atoms with E-state index in [4.69, 9.17) is 5.73 Å². The van der Waals surface area contributed by atoms with Crippen molar-refractivity contribution in [1.82, 2.24) is 5.32 Å². The highest BCUT2D eigenvalue weighted by Gasteiger charge is 2.14. The fraction of sp³-hybridized carbons (Fsp3) is 0.364. The Morgan fingerprint density at radius 3 is 2.76 bits per heavy atom. The van der Waals surface area contributed by atoms with Gasteiger partial charge in [-0.05, 0) is 41.1 Å². The van der Waals surface area contributed by atoms with Crippen LogP contribution in [0.3, 0.4) is 0 Å². The van der Waals surface area contributed by atoms with E-state index in [-0.39, 0.29) is 12.5 Å². The topological polar surface area (TPSA) is 75.3 Å². The van der Waals surface area contributed by atoms with E-state index >= 15 is 0 Å². The molecule has 0 aromatic heterocycles. The molecule has 0 aliphatic carbocycles. The summed E-state index contributed by atoms with van der Waals surface area (Å²) in [6.07, 6.45) is -0.652. The lowest BCUT2D eigenvalue weighted by atomic mass is 10.2. The minimum Gasteiger partial charge on any atom is -0.392 e. The van der Waals surface area contributed by atoms with Crippen molar-refractivity contribution in [3.05, 3.63) is 32.7 Å². The minimum absolute atomic E-state index is 0.228. The maximum Gasteiger partial charge on any atom is 0.252 e. The van der Waals surface area contributed by atoms with E-state index in [0.717, 1.165) is 4.47 Å². The van der Waals surface area contributed by atoms with Gasteiger partial charge in [0, 0.05) is 21.5 Å². The van der Waals surface area contributed by atoms with Crippen molar-refractivity contribution in [2.45, 2.75) is 19.1 Å². The molecule has 0 radical (unpaired) electrons. The fourth-order valence-electron chi connectivity index (χ4n) is 1.15. The van der Waals surface area contributed by atoms with Crippen LogP contribution in [0, 0.1) is 0 Å². The van der Waals surface area contributed by atoms with Crippen molar-refractivity contribution in [2.75, 3.05) is 6.54 Å². The van der Waals surface area contributed by atoms with Crippen LogP contribution < -0.4 is 11.1 Å². The van der Waals surface area contributed by atoms with Gasteiger partial charge in [-0.25, -0.2) is 0 Å². The summed E-state index contributed by atoms with van der Waals surface area (Å²) < 4.78 is 1.54. The molecule has 2 atom stereocenters. The summed E-state index contributed by atoms with van der Waals surface area (Å²) in [7, 11) is 0. The number of aliphatic hydroxyl groups excluding tert-OH is 1. The van der Waals surface area contributed by atoms with Crippen LogP contribution in [0.25, 0.3) is 0 Å². The standard InChI is InChI=1S/C11H14Br2N2O2/c1-6(16)10(14)5-15-11(17)8-4-7(12)2-3-9(8)13/h2-4,6,10,16H,5,14H2,1H3,(H,15,17). The van der Waals surface area contributed by atoms with Crippen LogP contribution in [0.5, 0.6) is 0 Å². The van der Waals surface area contributed by atoms with E-state index in [9.17, 15) is 9.90 Å². The second-order valence-electron chi connectivity index (χ2n) is 3.74. The van der Waals surface area contributed by atoms with Gasteiger partial charge >= 0.3 is 0 Å².